The van der Waals surface area contributed by atoms with E-state index in [2.05, 4.69) is 182 Å². The minimum absolute atomic E-state index is 0.708. The van der Waals surface area contributed by atoms with Crippen LogP contribution in [0, 0.1) is 0 Å². The zero-order valence-electron chi connectivity index (χ0n) is 28.4. The van der Waals surface area contributed by atoms with Crippen molar-refractivity contribution in [3.05, 3.63) is 194 Å². The highest BCUT2D eigenvalue weighted by Gasteiger charge is 2.23. The van der Waals surface area contributed by atoms with Crippen LogP contribution < -0.4 is 0 Å². The molecule has 1 aromatic heterocycles. The molecule has 1 aliphatic carbocycles. The number of benzene rings is 8. The van der Waals surface area contributed by atoms with E-state index >= 15 is 0 Å². The van der Waals surface area contributed by atoms with E-state index in [0.29, 0.717) is 5.82 Å². The number of hydrogen-bond acceptors (Lipinski definition) is 2. The normalized spacial score (nSPS) is 11.5. The topological polar surface area (TPSA) is 25.8 Å². The van der Waals surface area contributed by atoms with E-state index in [0.717, 1.165) is 44.8 Å². The van der Waals surface area contributed by atoms with Crippen molar-refractivity contribution in [3.8, 4) is 89.5 Å². The third kappa shape index (κ3) is 5.04. The summed E-state index contributed by atoms with van der Waals surface area (Å²) >= 11 is 0. The van der Waals surface area contributed by atoms with Crippen LogP contribution in [0.4, 0.5) is 0 Å². The summed E-state index contributed by atoms with van der Waals surface area (Å²) in [5.41, 5.74) is 17.2. The van der Waals surface area contributed by atoms with E-state index in [-0.39, 0.29) is 0 Å². The standard InChI is InChI=1S/C50H32N2/c1-3-14-33(15-4-1)38-19-8-12-23-46(38)50-51-47(35-16-5-2-6-17-35)32-48(52-50)36-28-26-34(27-29-36)37-18-7-9-20-39(37)42-30-31-45-41-22-11-10-21-40(41)43-24-13-25-44(42)49(43)45/h1-32H. The fourth-order valence-electron chi connectivity index (χ4n) is 7.85. The summed E-state index contributed by atoms with van der Waals surface area (Å²) in [6.07, 6.45) is 0. The molecule has 0 fully saturated rings. The maximum atomic E-state index is 5.22. The first-order valence-electron chi connectivity index (χ1n) is 17.8. The Labute approximate surface area is 303 Å². The van der Waals surface area contributed by atoms with Gasteiger partial charge in [0.2, 0.25) is 0 Å². The summed E-state index contributed by atoms with van der Waals surface area (Å²) in [7, 11) is 0. The molecule has 0 amide bonds. The van der Waals surface area contributed by atoms with Gasteiger partial charge in [-0.05, 0) is 72.5 Å². The number of fused-ring (bicyclic) bond motifs is 3. The largest absolute Gasteiger partial charge is 0.228 e. The number of hydrogen-bond donors (Lipinski definition) is 0. The van der Waals surface area contributed by atoms with Crippen LogP contribution in [0.1, 0.15) is 0 Å². The average molecular weight is 661 g/mol. The highest BCUT2D eigenvalue weighted by Crippen LogP contribution is 2.50. The van der Waals surface area contributed by atoms with Crippen molar-refractivity contribution in [1.29, 1.82) is 0 Å². The Kier molecular flexibility index (Phi) is 7.18. The first-order chi connectivity index (χ1) is 25.8. The van der Waals surface area contributed by atoms with Gasteiger partial charge in [-0.15, -0.1) is 0 Å². The molecule has 1 aliphatic rings. The molecule has 0 saturated heterocycles. The van der Waals surface area contributed by atoms with E-state index < -0.39 is 0 Å². The molecular weight excluding hydrogens is 629 g/mol. The quantitative estimate of drug-likeness (QED) is 0.177. The van der Waals surface area contributed by atoms with Gasteiger partial charge in [0, 0.05) is 16.7 Å². The first kappa shape index (κ1) is 30.0. The summed E-state index contributed by atoms with van der Waals surface area (Å²) in [6, 6.07) is 69.1. The van der Waals surface area contributed by atoms with Gasteiger partial charge in [-0.1, -0.05) is 188 Å². The van der Waals surface area contributed by atoms with Crippen molar-refractivity contribution < 1.29 is 0 Å². The second-order valence-electron chi connectivity index (χ2n) is 13.3. The summed E-state index contributed by atoms with van der Waals surface area (Å²) in [6.45, 7) is 0. The van der Waals surface area contributed by atoms with E-state index in [1.807, 2.05) is 12.1 Å². The van der Waals surface area contributed by atoms with E-state index in [1.165, 1.54) is 49.7 Å². The summed E-state index contributed by atoms with van der Waals surface area (Å²) in [4.78, 5) is 10.4. The Balaban J connectivity index is 1.07. The van der Waals surface area contributed by atoms with Crippen molar-refractivity contribution in [2.24, 2.45) is 0 Å². The van der Waals surface area contributed by atoms with Gasteiger partial charge in [0.1, 0.15) is 0 Å². The second kappa shape index (κ2) is 12.5. The first-order valence-corrected chi connectivity index (χ1v) is 17.8. The lowest BCUT2D eigenvalue weighted by Crippen LogP contribution is -1.97. The Morgan fingerprint density at radius 1 is 0.250 bits per heavy atom. The van der Waals surface area contributed by atoms with Gasteiger partial charge in [0.05, 0.1) is 11.4 Å². The Hall–Kier alpha value is -6.90. The molecule has 2 nitrogen and oxygen atoms in total. The molecule has 0 atom stereocenters. The number of nitrogens with zero attached hydrogens (tertiary/aromatic N) is 2. The molecule has 0 aliphatic heterocycles. The molecule has 0 spiro atoms. The van der Waals surface area contributed by atoms with E-state index in [9.17, 15) is 0 Å². The van der Waals surface area contributed by atoms with Crippen LogP contribution in [-0.2, 0) is 0 Å². The van der Waals surface area contributed by atoms with Crippen molar-refractivity contribution in [3.63, 3.8) is 0 Å². The number of aromatic nitrogens is 2. The van der Waals surface area contributed by atoms with Crippen molar-refractivity contribution in [1.82, 2.24) is 9.97 Å². The zero-order valence-corrected chi connectivity index (χ0v) is 28.4. The van der Waals surface area contributed by atoms with Crippen LogP contribution in [0.3, 0.4) is 0 Å². The molecule has 2 heteroatoms. The molecular formula is C50H32N2. The lowest BCUT2D eigenvalue weighted by Gasteiger charge is -2.15. The molecule has 242 valence electrons. The van der Waals surface area contributed by atoms with E-state index in [1.54, 1.807) is 0 Å². The van der Waals surface area contributed by atoms with Crippen LogP contribution in [0.2, 0.25) is 0 Å². The van der Waals surface area contributed by atoms with Gasteiger partial charge in [-0.2, -0.15) is 0 Å². The van der Waals surface area contributed by atoms with Crippen LogP contribution in [-0.4, -0.2) is 9.97 Å². The highest BCUT2D eigenvalue weighted by molar-refractivity contribution is 6.19. The Morgan fingerprint density at radius 3 is 1.29 bits per heavy atom. The molecule has 52 heavy (non-hydrogen) atoms. The second-order valence-corrected chi connectivity index (χ2v) is 13.3. The molecule has 9 aromatic rings. The summed E-state index contributed by atoms with van der Waals surface area (Å²) in [5.74, 6) is 0.708. The maximum Gasteiger partial charge on any atom is 0.161 e. The summed E-state index contributed by atoms with van der Waals surface area (Å²) < 4.78 is 0. The molecule has 8 aromatic carbocycles. The fourth-order valence-corrected chi connectivity index (χ4v) is 7.85. The van der Waals surface area contributed by atoms with Crippen LogP contribution in [0.5, 0.6) is 0 Å². The van der Waals surface area contributed by atoms with Gasteiger partial charge in [0.15, 0.2) is 5.82 Å². The van der Waals surface area contributed by atoms with Crippen LogP contribution in [0.25, 0.3) is 100 Å². The molecule has 1 heterocycles. The molecule has 0 bridgehead atoms. The van der Waals surface area contributed by atoms with E-state index in [4.69, 9.17) is 9.97 Å². The monoisotopic (exact) mass is 660 g/mol. The van der Waals surface area contributed by atoms with Crippen molar-refractivity contribution in [2.75, 3.05) is 0 Å². The molecule has 0 saturated carbocycles. The van der Waals surface area contributed by atoms with Crippen molar-refractivity contribution >= 4 is 10.8 Å². The molecule has 0 radical (unpaired) electrons. The average Bonchev–Trinajstić information content (AvgIpc) is 3.56. The molecule has 10 rings (SSSR count). The minimum atomic E-state index is 0.708. The Bertz CT molecular complexity index is 2740. The lowest BCUT2D eigenvalue weighted by atomic mass is 9.89. The third-order valence-electron chi connectivity index (χ3n) is 10.3. The van der Waals surface area contributed by atoms with Gasteiger partial charge < -0.3 is 0 Å². The van der Waals surface area contributed by atoms with Gasteiger partial charge in [0.25, 0.3) is 0 Å². The van der Waals surface area contributed by atoms with Crippen molar-refractivity contribution in [2.45, 2.75) is 0 Å². The lowest BCUT2D eigenvalue weighted by molar-refractivity contribution is 1.18. The summed E-state index contributed by atoms with van der Waals surface area (Å²) in [5, 5.41) is 2.63. The molecule has 0 unspecified atom stereocenters. The van der Waals surface area contributed by atoms with Crippen LogP contribution in [0.15, 0.2) is 194 Å². The van der Waals surface area contributed by atoms with Crippen LogP contribution >= 0.6 is 0 Å². The third-order valence-corrected chi connectivity index (χ3v) is 10.3. The highest BCUT2D eigenvalue weighted by atomic mass is 14.9. The zero-order chi connectivity index (χ0) is 34.4. The fraction of sp³-hybridized carbons (Fsp3) is 0. The van der Waals surface area contributed by atoms with Gasteiger partial charge in [-0.3, -0.25) is 0 Å². The smallest absolute Gasteiger partial charge is 0.161 e. The van der Waals surface area contributed by atoms with Gasteiger partial charge in [-0.25, -0.2) is 9.97 Å². The minimum Gasteiger partial charge on any atom is -0.228 e. The Morgan fingerprint density at radius 2 is 0.654 bits per heavy atom. The predicted molar refractivity (Wildman–Crippen MR) is 217 cm³/mol. The molecule has 0 N–H and O–H groups in total. The SMILES string of the molecule is c1ccc(-c2cc(-c3ccc(-c4ccccc4-c4ccc5c6c(cccc46)-c4ccccc4-5)cc3)nc(-c3ccccc3-c3ccccc3)n2)cc1. The van der Waals surface area contributed by atoms with Gasteiger partial charge >= 0.3 is 0 Å². The number of rotatable bonds is 6. The maximum absolute atomic E-state index is 5.22. The predicted octanol–water partition coefficient (Wildman–Crippen LogP) is 13.3.